The first kappa shape index (κ1) is 9.80. The maximum absolute atomic E-state index is 11.2. The van der Waals surface area contributed by atoms with Gasteiger partial charge in [0.2, 0.25) is 0 Å². The van der Waals surface area contributed by atoms with E-state index in [4.69, 9.17) is 11.6 Å². The third-order valence-corrected chi connectivity index (χ3v) is 1.85. The van der Waals surface area contributed by atoms with Gasteiger partial charge < -0.3 is 10.1 Å². The van der Waals surface area contributed by atoms with E-state index in [-0.39, 0.29) is 10.7 Å². The molecule has 0 aliphatic carbocycles. The Morgan fingerprint density at radius 1 is 1.69 bits per heavy atom. The molecule has 0 aliphatic rings. The predicted octanol–water partition coefficient (Wildman–Crippen LogP) is 1.56. The second-order valence-electron chi connectivity index (χ2n) is 2.27. The van der Waals surface area contributed by atoms with Crippen molar-refractivity contribution in [2.24, 2.45) is 0 Å². The molecule has 1 aromatic heterocycles. The van der Waals surface area contributed by atoms with Gasteiger partial charge in [-0.15, -0.1) is 0 Å². The third kappa shape index (κ3) is 1.89. The van der Waals surface area contributed by atoms with Gasteiger partial charge in [-0.3, -0.25) is 0 Å². The zero-order valence-electron chi connectivity index (χ0n) is 7.30. The van der Waals surface area contributed by atoms with Gasteiger partial charge in [-0.2, -0.15) is 0 Å². The van der Waals surface area contributed by atoms with Gasteiger partial charge in [0.15, 0.2) is 0 Å². The molecule has 4 nitrogen and oxygen atoms in total. The van der Waals surface area contributed by atoms with E-state index in [2.05, 4.69) is 15.0 Å². The van der Waals surface area contributed by atoms with E-state index in [0.717, 1.165) is 0 Å². The van der Waals surface area contributed by atoms with Crippen LogP contribution >= 0.6 is 11.6 Å². The van der Waals surface area contributed by atoms with Crippen molar-refractivity contribution in [1.82, 2.24) is 4.98 Å². The van der Waals surface area contributed by atoms with Crippen molar-refractivity contribution < 1.29 is 9.53 Å². The summed E-state index contributed by atoms with van der Waals surface area (Å²) in [6, 6.07) is 1.65. The number of ether oxygens (including phenoxy) is 1. The van der Waals surface area contributed by atoms with Crippen molar-refractivity contribution in [3.05, 3.63) is 23.0 Å². The zero-order chi connectivity index (χ0) is 9.84. The van der Waals surface area contributed by atoms with Crippen LogP contribution in [0.4, 0.5) is 5.69 Å². The van der Waals surface area contributed by atoms with Gasteiger partial charge in [-0.25, -0.2) is 9.78 Å². The molecule has 0 saturated heterocycles. The minimum atomic E-state index is -0.498. The molecule has 1 rings (SSSR count). The Morgan fingerprint density at radius 2 is 2.38 bits per heavy atom. The smallest absolute Gasteiger partial charge is 0.343 e. The maximum Gasteiger partial charge on any atom is 0.343 e. The Labute approximate surface area is 80.9 Å². The number of halogens is 1. The Kier molecular flexibility index (Phi) is 3.08. The molecule has 13 heavy (non-hydrogen) atoms. The number of aromatic nitrogens is 1. The van der Waals surface area contributed by atoms with E-state index < -0.39 is 5.97 Å². The Bertz CT molecular complexity index is 328. The van der Waals surface area contributed by atoms with Crippen LogP contribution in [0.1, 0.15) is 10.4 Å². The molecule has 0 atom stereocenters. The molecule has 0 amide bonds. The fraction of sp³-hybridized carbons (Fsp3) is 0.250. The van der Waals surface area contributed by atoms with E-state index in [0.29, 0.717) is 5.69 Å². The standard InChI is InChI=1S/C8H9ClN2O2/c1-10-5-3-4-11-7(9)6(5)8(12)13-2/h3-4H,1-2H3,(H,10,11). The number of nitrogens with one attached hydrogen (secondary N) is 1. The van der Waals surface area contributed by atoms with E-state index >= 15 is 0 Å². The van der Waals surface area contributed by atoms with Crippen LogP contribution < -0.4 is 5.32 Å². The first-order valence-corrected chi connectivity index (χ1v) is 3.99. The Hall–Kier alpha value is -1.29. The van der Waals surface area contributed by atoms with Gasteiger partial charge in [-0.1, -0.05) is 11.6 Å². The highest BCUT2D eigenvalue weighted by molar-refractivity contribution is 6.33. The molecule has 0 aliphatic heterocycles. The molecule has 0 bridgehead atoms. The number of esters is 1. The number of carbonyl (C=O) groups is 1. The normalized spacial score (nSPS) is 9.46. The summed E-state index contributed by atoms with van der Waals surface area (Å²) in [5, 5.41) is 2.96. The number of methoxy groups -OCH3 is 1. The second-order valence-corrected chi connectivity index (χ2v) is 2.62. The molecular weight excluding hydrogens is 192 g/mol. The monoisotopic (exact) mass is 200 g/mol. The van der Waals surface area contributed by atoms with Crippen molar-refractivity contribution in [2.75, 3.05) is 19.5 Å². The highest BCUT2D eigenvalue weighted by Crippen LogP contribution is 2.22. The number of pyridine rings is 1. The molecule has 0 saturated carbocycles. The summed E-state index contributed by atoms with van der Waals surface area (Å²) in [6.45, 7) is 0. The SMILES string of the molecule is CNc1ccnc(Cl)c1C(=O)OC. The van der Waals surface area contributed by atoms with Crippen LogP contribution in [0.25, 0.3) is 0 Å². The minimum absolute atomic E-state index is 0.138. The molecule has 1 N–H and O–H groups in total. The molecule has 0 aromatic carbocycles. The van der Waals surface area contributed by atoms with Crippen molar-refractivity contribution in [1.29, 1.82) is 0 Å². The number of anilines is 1. The van der Waals surface area contributed by atoms with Crippen LogP contribution in [0.15, 0.2) is 12.3 Å². The minimum Gasteiger partial charge on any atom is -0.465 e. The van der Waals surface area contributed by atoms with E-state index in [9.17, 15) is 4.79 Å². The maximum atomic E-state index is 11.2. The first-order valence-electron chi connectivity index (χ1n) is 3.61. The molecule has 5 heteroatoms. The summed E-state index contributed by atoms with van der Waals surface area (Å²) in [7, 11) is 2.99. The quantitative estimate of drug-likeness (QED) is 0.582. The molecule has 1 aromatic rings. The molecule has 0 spiro atoms. The van der Waals surface area contributed by atoms with Crippen LogP contribution in [-0.2, 0) is 4.74 Å². The van der Waals surface area contributed by atoms with Gasteiger partial charge in [0, 0.05) is 13.2 Å². The van der Waals surface area contributed by atoms with Gasteiger partial charge >= 0.3 is 5.97 Å². The lowest BCUT2D eigenvalue weighted by molar-refractivity contribution is 0.0601. The first-order chi connectivity index (χ1) is 6.20. The second kappa shape index (κ2) is 4.09. The van der Waals surface area contributed by atoms with Crippen LogP contribution in [0.3, 0.4) is 0 Å². The fourth-order valence-corrected chi connectivity index (χ4v) is 1.18. The summed E-state index contributed by atoms with van der Waals surface area (Å²) >= 11 is 5.73. The molecule has 1 heterocycles. The molecular formula is C8H9ClN2O2. The van der Waals surface area contributed by atoms with Crippen molar-refractivity contribution in [3.8, 4) is 0 Å². The van der Waals surface area contributed by atoms with Gasteiger partial charge in [0.25, 0.3) is 0 Å². The highest BCUT2D eigenvalue weighted by atomic mass is 35.5. The topological polar surface area (TPSA) is 51.2 Å². The third-order valence-electron chi connectivity index (χ3n) is 1.56. The number of carbonyl (C=O) groups excluding carboxylic acids is 1. The van der Waals surface area contributed by atoms with E-state index in [1.807, 2.05) is 0 Å². The van der Waals surface area contributed by atoms with Crippen molar-refractivity contribution in [3.63, 3.8) is 0 Å². The van der Waals surface area contributed by atoms with Gasteiger partial charge in [-0.05, 0) is 6.07 Å². The summed E-state index contributed by atoms with van der Waals surface area (Å²) in [4.78, 5) is 15.0. The highest BCUT2D eigenvalue weighted by Gasteiger charge is 2.15. The average molecular weight is 201 g/mol. The number of hydrogen-bond donors (Lipinski definition) is 1. The predicted molar refractivity (Wildman–Crippen MR) is 50.1 cm³/mol. The van der Waals surface area contributed by atoms with E-state index in [1.165, 1.54) is 13.3 Å². The molecule has 0 fully saturated rings. The average Bonchev–Trinajstić information content (AvgIpc) is 2.16. The van der Waals surface area contributed by atoms with Gasteiger partial charge in [0.1, 0.15) is 10.7 Å². The van der Waals surface area contributed by atoms with Crippen molar-refractivity contribution in [2.45, 2.75) is 0 Å². The fourth-order valence-electron chi connectivity index (χ4n) is 0.941. The van der Waals surface area contributed by atoms with Crippen LogP contribution in [-0.4, -0.2) is 25.1 Å². The zero-order valence-corrected chi connectivity index (χ0v) is 8.05. The van der Waals surface area contributed by atoms with E-state index in [1.54, 1.807) is 13.1 Å². The Balaban J connectivity index is 3.22. The lowest BCUT2D eigenvalue weighted by Crippen LogP contribution is -2.07. The summed E-state index contributed by atoms with van der Waals surface area (Å²) in [5.41, 5.74) is 0.862. The van der Waals surface area contributed by atoms with Crippen LogP contribution in [0.5, 0.6) is 0 Å². The van der Waals surface area contributed by atoms with Crippen molar-refractivity contribution >= 4 is 23.3 Å². The molecule has 0 radical (unpaired) electrons. The van der Waals surface area contributed by atoms with Gasteiger partial charge in [0.05, 0.1) is 12.8 Å². The Morgan fingerprint density at radius 3 is 2.92 bits per heavy atom. The summed E-state index contributed by atoms with van der Waals surface area (Å²) < 4.78 is 4.56. The number of hydrogen-bond acceptors (Lipinski definition) is 4. The molecule has 70 valence electrons. The van der Waals surface area contributed by atoms with Crippen LogP contribution in [0, 0.1) is 0 Å². The van der Waals surface area contributed by atoms with Crippen LogP contribution in [0.2, 0.25) is 5.15 Å². The summed E-state index contributed by atoms with van der Waals surface area (Å²) in [5.74, 6) is -0.498. The largest absolute Gasteiger partial charge is 0.465 e. The number of rotatable bonds is 2. The number of nitrogens with zero attached hydrogens (tertiary/aromatic N) is 1. The lowest BCUT2D eigenvalue weighted by Gasteiger charge is -2.07. The molecule has 0 unspecified atom stereocenters. The lowest BCUT2D eigenvalue weighted by atomic mass is 10.2. The summed E-state index contributed by atoms with van der Waals surface area (Å²) in [6.07, 6.45) is 1.51.